The fourth-order valence-electron chi connectivity index (χ4n) is 0.629. The molecule has 0 aromatic carbocycles. The van der Waals surface area contributed by atoms with Crippen LogP contribution in [0.3, 0.4) is 0 Å². The predicted octanol–water partition coefficient (Wildman–Crippen LogP) is -0.485. The second-order valence-corrected chi connectivity index (χ2v) is 1.82. The summed E-state index contributed by atoms with van der Waals surface area (Å²) in [4.78, 5) is 14.1. The van der Waals surface area contributed by atoms with E-state index in [1.165, 1.54) is 0 Å². The molecule has 1 heterocycles. The molecule has 0 amide bonds. The number of nitrogens with one attached hydrogen (secondary N) is 2. The van der Waals surface area contributed by atoms with Gasteiger partial charge in [0.05, 0.1) is 0 Å². The Morgan fingerprint density at radius 2 is 2.30 bits per heavy atom. The number of H-pyrrole nitrogens is 1. The zero-order chi connectivity index (χ0) is 7.56. The molecule has 54 valence electrons. The van der Waals surface area contributed by atoms with E-state index in [9.17, 15) is 4.79 Å². The molecule has 0 spiro atoms. The second kappa shape index (κ2) is 2.47. The molecule has 0 saturated heterocycles. The molecule has 1 aromatic heterocycles. The van der Waals surface area contributed by atoms with Crippen molar-refractivity contribution in [3.63, 3.8) is 0 Å². The Labute approximate surface area is 57.5 Å². The molecule has 2 N–H and O–H groups in total. The standard InChI is InChI=1S/C5H8N4O/c1-3-4(6-2)7-5(10)9-8-3/h1-2H3,(H2,6,7,9,10). The van der Waals surface area contributed by atoms with Crippen LogP contribution in [0.2, 0.25) is 0 Å². The van der Waals surface area contributed by atoms with Gasteiger partial charge in [-0.1, -0.05) is 0 Å². The lowest BCUT2D eigenvalue weighted by atomic mass is 10.5. The van der Waals surface area contributed by atoms with E-state index in [1.54, 1.807) is 14.0 Å². The molecular weight excluding hydrogens is 132 g/mol. The van der Waals surface area contributed by atoms with Crippen molar-refractivity contribution < 1.29 is 0 Å². The Hall–Kier alpha value is -1.39. The minimum atomic E-state index is -0.435. The van der Waals surface area contributed by atoms with Crippen molar-refractivity contribution in [1.29, 1.82) is 0 Å². The molecule has 0 saturated carbocycles. The monoisotopic (exact) mass is 140 g/mol. The van der Waals surface area contributed by atoms with Crippen molar-refractivity contribution in [2.75, 3.05) is 12.4 Å². The van der Waals surface area contributed by atoms with Crippen LogP contribution in [0.25, 0.3) is 0 Å². The van der Waals surface area contributed by atoms with Gasteiger partial charge in [-0.3, -0.25) is 0 Å². The molecule has 0 aliphatic carbocycles. The van der Waals surface area contributed by atoms with Gasteiger partial charge in [-0.15, -0.1) is 0 Å². The molecular formula is C5H8N4O. The third kappa shape index (κ3) is 1.12. The van der Waals surface area contributed by atoms with Gasteiger partial charge >= 0.3 is 5.69 Å². The van der Waals surface area contributed by atoms with Crippen LogP contribution < -0.4 is 11.0 Å². The highest BCUT2D eigenvalue weighted by Gasteiger charge is 1.96. The molecule has 10 heavy (non-hydrogen) atoms. The summed E-state index contributed by atoms with van der Waals surface area (Å²) in [6, 6.07) is 0. The second-order valence-electron chi connectivity index (χ2n) is 1.82. The number of nitrogens with zero attached hydrogens (tertiary/aromatic N) is 2. The van der Waals surface area contributed by atoms with Crippen LogP contribution in [0.4, 0.5) is 5.82 Å². The molecule has 0 aliphatic heterocycles. The molecule has 5 heteroatoms. The maximum atomic E-state index is 10.5. The average Bonchev–Trinajstić information content (AvgIpc) is 1.94. The van der Waals surface area contributed by atoms with Crippen molar-refractivity contribution in [3.05, 3.63) is 16.2 Å². The molecule has 1 aromatic rings. The van der Waals surface area contributed by atoms with Crippen LogP contribution >= 0.6 is 0 Å². The van der Waals surface area contributed by atoms with Crippen LogP contribution in [0.5, 0.6) is 0 Å². The van der Waals surface area contributed by atoms with Gasteiger partial charge < -0.3 is 5.32 Å². The van der Waals surface area contributed by atoms with Crippen molar-refractivity contribution >= 4 is 5.82 Å². The van der Waals surface area contributed by atoms with Crippen LogP contribution in [0.15, 0.2) is 4.79 Å². The first-order chi connectivity index (χ1) is 4.74. The molecule has 0 atom stereocenters. The molecule has 0 fully saturated rings. The van der Waals surface area contributed by atoms with Gasteiger partial charge in [0.1, 0.15) is 5.69 Å². The first-order valence-electron chi connectivity index (χ1n) is 2.85. The molecule has 0 bridgehead atoms. The summed E-state index contributed by atoms with van der Waals surface area (Å²) in [6.07, 6.45) is 0. The van der Waals surface area contributed by atoms with E-state index in [2.05, 4.69) is 20.5 Å². The van der Waals surface area contributed by atoms with E-state index in [0.717, 1.165) is 0 Å². The Morgan fingerprint density at radius 1 is 1.60 bits per heavy atom. The average molecular weight is 140 g/mol. The number of aryl methyl sites for hydroxylation is 1. The first kappa shape index (κ1) is 6.73. The van der Waals surface area contributed by atoms with E-state index < -0.39 is 5.69 Å². The fraction of sp³-hybridized carbons (Fsp3) is 0.400. The van der Waals surface area contributed by atoms with Gasteiger partial charge in [0.2, 0.25) is 0 Å². The number of anilines is 1. The number of hydrogen-bond acceptors (Lipinski definition) is 4. The Balaban J connectivity index is 3.22. The summed E-state index contributed by atoms with van der Waals surface area (Å²) in [5.41, 5.74) is 0.247. The van der Waals surface area contributed by atoms with Crippen molar-refractivity contribution in [2.45, 2.75) is 6.92 Å². The molecule has 0 aliphatic rings. The highest BCUT2D eigenvalue weighted by Crippen LogP contribution is 1.99. The first-order valence-corrected chi connectivity index (χ1v) is 2.85. The lowest BCUT2D eigenvalue weighted by Crippen LogP contribution is -2.15. The topological polar surface area (TPSA) is 70.7 Å². The van der Waals surface area contributed by atoms with E-state index in [0.29, 0.717) is 11.5 Å². The third-order valence-corrected chi connectivity index (χ3v) is 1.11. The minimum Gasteiger partial charge on any atom is -0.371 e. The summed E-state index contributed by atoms with van der Waals surface area (Å²) in [6.45, 7) is 1.76. The van der Waals surface area contributed by atoms with Crippen LogP contribution in [-0.4, -0.2) is 22.2 Å². The van der Waals surface area contributed by atoms with Gasteiger partial charge in [0.15, 0.2) is 5.82 Å². The SMILES string of the molecule is CNc1nc(=O)[nH]nc1C. The van der Waals surface area contributed by atoms with Crippen molar-refractivity contribution in [3.8, 4) is 0 Å². The number of aromatic amines is 1. The Bertz CT molecular complexity index is 279. The Morgan fingerprint density at radius 3 is 2.80 bits per heavy atom. The van der Waals surface area contributed by atoms with E-state index in [4.69, 9.17) is 0 Å². The van der Waals surface area contributed by atoms with Crippen LogP contribution in [0, 0.1) is 6.92 Å². The zero-order valence-corrected chi connectivity index (χ0v) is 5.80. The lowest BCUT2D eigenvalue weighted by molar-refractivity contribution is 0.882. The molecule has 1 rings (SSSR count). The number of aromatic nitrogens is 3. The van der Waals surface area contributed by atoms with Crippen LogP contribution in [-0.2, 0) is 0 Å². The van der Waals surface area contributed by atoms with E-state index >= 15 is 0 Å². The van der Waals surface area contributed by atoms with E-state index in [1.807, 2.05) is 0 Å². The van der Waals surface area contributed by atoms with Gasteiger partial charge in [-0.2, -0.15) is 10.1 Å². The Kier molecular flexibility index (Phi) is 1.66. The summed E-state index contributed by atoms with van der Waals surface area (Å²) < 4.78 is 0. The molecule has 0 radical (unpaired) electrons. The number of hydrogen-bond donors (Lipinski definition) is 2. The quantitative estimate of drug-likeness (QED) is 0.552. The smallest absolute Gasteiger partial charge is 0.363 e. The number of rotatable bonds is 1. The normalized spacial score (nSPS) is 9.40. The van der Waals surface area contributed by atoms with Gasteiger partial charge in [-0.25, -0.2) is 9.89 Å². The summed E-state index contributed by atoms with van der Waals surface area (Å²) in [7, 11) is 1.69. The highest BCUT2D eigenvalue weighted by atomic mass is 16.1. The summed E-state index contributed by atoms with van der Waals surface area (Å²) in [5, 5.41) is 8.65. The van der Waals surface area contributed by atoms with E-state index in [-0.39, 0.29) is 0 Å². The van der Waals surface area contributed by atoms with Crippen molar-refractivity contribution in [2.24, 2.45) is 0 Å². The van der Waals surface area contributed by atoms with Gasteiger partial charge in [-0.05, 0) is 6.92 Å². The van der Waals surface area contributed by atoms with Crippen LogP contribution in [0.1, 0.15) is 5.69 Å². The maximum absolute atomic E-state index is 10.5. The molecule has 0 unspecified atom stereocenters. The van der Waals surface area contributed by atoms with Gasteiger partial charge in [0, 0.05) is 7.05 Å². The predicted molar refractivity (Wildman–Crippen MR) is 36.9 cm³/mol. The summed E-state index contributed by atoms with van der Waals surface area (Å²) >= 11 is 0. The van der Waals surface area contributed by atoms with Gasteiger partial charge in [0.25, 0.3) is 0 Å². The maximum Gasteiger partial charge on any atom is 0.363 e. The summed E-state index contributed by atoms with van der Waals surface area (Å²) in [5.74, 6) is 0.517. The zero-order valence-electron chi connectivity index (χ0n) is 5.80. The molecule has 5 nitrogen and oxygen atoms in total. The largest absolute Gasteiger partial charge is 0.371 e. The fourth-order valence-corrected chi connectivity index (χ4v) is 0.629. The highest BCUT2D eigenvalue weighted by molar-refractivity contribution is 5.35. The lowest BCUT2D eigenvalue weighted by Gasteiger charge is -1.98. The van der Waals surface area contributed by atoms with Crippen molar-refractivity contribution in [1.82, 2.24) is 15.2 Å². The third-order valence-electron chi connectivity index (χ3n) is 1.11. The minimum absolute atomic E-state index is 0.435.